The first kappa shape index (κ1) is 36.0. The van der Waals surface area contributed by atoms with Gasteiger partial charge in [0.25, 0.3) is 0 Å². The number of aromatic nitrogens is 3. The summed E-state index contributed by atoms with van der Waals surface area (Å²) in [6.45, 7) is 0. The number of benzene rings is 6. The molecule has 0 unspecified atom stereocenters. The number of hydrogen-bond donors (Lipinski definition) is 1. The van der Waals surface area contributed by atoms with Crippen molar-refractivity contribution < 1.29 is 53.8 Å². The van der Waals surface area contributed by atoms with Gasteiger partial charge in [-0.1, -0.05) is 121 Å². The predicted octanol–water partition coefficient (Wildman–Crippen LogP) is 11.1. The Morgan fingerprint density at radius 2 is 1.29 bits per heavy atom. The van der Waals surface area contributed by atoms with Gasteiger partial charge in [0.1, 0.15) is 0 Å². The molecule has 245 valence electrons. The molecule has 51 heavy (non-hydrogen) atoms. The van der Waals surface area contributed by atoms with E-state index in [0.717, 1.165) is 27.9 Å². The molecule has 0 bridgehead atoms. The van der Waals surface area contributed by atoms with Crippen LogP contribution in [0.15, 0.2) is 170 Å². The van der Waals surface area contributed by atoms with Gasteiger partial charge in [0.2, 0.25) is 0 Å². The molecule has 0 aliphatic rings. The summed E-state index contributed by atoms with van der Waals surface area (Å²) in [5.74, 6) is 0. The average Bonchev–Trinajstić information content (AvgIpc) is 3.87. The van der Waals surface area contributed by atoms with E-state index < -0.39 is 0 Å². The van der Waals surface area contributed by atoms with Crippen molar-refractivity contribution in [3.8, 4) is 16.8 Å². The molecule has 0 saturated heterocycles. The third-order valence-electron chi connectivity index (χ3n) is 8.95. The van der Waals surface area contributed by atoms with Crippen molar-refractivity contribution in [3.63, 3.8) is 0 Å². The zero-order valence-electron chi connectivity index (χ0n) is 27.9. The molecule has 1 radical (unpaired) electrons. The molecule has 9 rings (SSSR count). The number of para-hydroxylation sites is 2. The normalized spacial score (nSPS) is 11.1. The van der Waals surface area contributed by atoms with Crippen LogP contribution < -0.4 is 4.98 Å². The molecule has 9 aromatic rings. The van der Waals surface area contributed by atoms with E-state index in [9.17, 15) is 5.41 Å². The second-order valence-electron chi connectivity index (χ2n) is 11.9. The molecule has 3 heterocycles. The van der Waals surface area contributed by atoms with Crippen LogP contribution >= 0.6 is 0 Å². The molecular formula is C44H32N5WY-3. The Balaban J connectivity index is 0.000000194. The zero-order chi connectivity index (χ0) is 33.2. The second-order valence-corrected chi connectivity index (χ2v) is 11.9. The molecule has 6 aromatic carbocycles. The zero-order valence-corrected chi connectivity index (χ0v) is 33.7. The molecule has 0 aliphatic carbocycles. The van der Waals surface area contributed by atoms with E-state index in [1.165, 1.54) is 49.4 Å². The average molecular weight is 904 g/mol. The largest absolute Gasteiger partial charge is 0.803 e. The van der Waals surface area contributed by atoms with Crippen molar-refractivity contribution in [3.05, 3.63) is 192 Å². The molecule has 3 aromatic heterocycles. The number of H-pyrrole nitrogens is 1. The van der Waals surface area contributed by atoms with E-state index in [1.54, 1.807) is 13.1 Å². The summed E-state index contributed by atoms with van der Waals surface area (Å²) >= 11 is 0. The first-order valence-electron chi connectivity index (χ1n) is 16.3. The number of hydrogen-bond acceptors (Lipinski definition) is 0. The van der Waals surface area contributed by atoms with Crippen LogP contribution in [0.2, 0.25) is 0 Å². The first-order valence-corrected chi connectivity index (χ1v) is 16.3. The Morgan fingerprint density at radius 3 is 2.02 bits per heavy atom. The van der Waals surface area contributed by atoms with Gasteiger partial charge >= 0.3 is 0 Å². The van der Waals surface area contributed by atoms with Crippen LogP contribution in [0, 0.1) is 0 Å². The Bertz CT molecular complexity index is 2600. The molecule has 0 aliphatic heterocycles. The molecule has 0 fully saturated rings. The van der Waals surface area contributed by atoms with Crippen molar-refractivity contribution in [1.29, 1.82) is 0 Å². The van der Waals surface area contributed by atoms with E-state index in [1.807, 2.05) is 73.1 Å². The first-order chi connectivity index (χ1) is 24.2. The maximum atomic E-state index is 10.1. The van der Waals surface area contributed by atoms with E-state index in [-0.39, 0.29) is 59.5 Å². The van der Waals surface area contributed by atoms with Gasteiger partial charge in [-0.15, -0.1) is 12.7 Å². The van der Waals surface area contributed by atoms with Crippen LogP contribution in [0.5, 0.6) is 0 Å². The summed E-state index contributed by atoms with van der Waals surface area (Å²) in [6.07, 6.45) is 5.52. The topological polar surface area (TPSA) is 71.2 Å². The van der Waals surface area contributed by atoms with Crippen LogP contribution in [-0.4, -0.2) is 22.3 Å². The Hall–Kier alpha value is -4.80. The van der Waals surface area contributed by atoms with Gasteiger partial charge in [-0.3, -0.25) is 0 Å². The van der Waals surface area contributed by atoms with E-state index in [0.29, 0.717) is 0 Å². The van der Waals surface area contributed by atoms with Gasteiger partial charge in [0, 0.05) is 86.7 Å². The fourth-order valence-corrected chi connectivity index (χ4v) is 6.65. The van der Waals surface area contributed by atoms with Crippen molar-refractivity contribution >= 4 is 55.0 Å². The van der Waals surface area contributed by atoms with Crippen LogP contribution in [0.1, 0.15) is 11.1 Å². The van der Waals surface area contributed by atoms with E-state index >= 15 is 0 Å². The van der Waals surface area contributed by atoms with Crippen molar-refractivity contribution in [2.45, 2.75) is 0 Å². The maximum Gasteiger partial charge on any atom is 0.0547 e. The fourth-order valence-electron chi connectivity index (χ4n) is 6.65. The van der Waals surface area contributed by atoms with Gasteiger partial charge in [0.05, 0.1) is 11.0 Å². The minimum absolute atomic E-state index is 0. The van der Waals surface area contributed by atoms with E-state index in [2.05, 4.69) is 111 Å². The number of nitrogens with zero attached hydrogens (tertiary/aromatic N) is 4. The standard InChI is InChI=1S/C28H18N3.C16H14N2.W.Y/c1-2-7-19(8-3-1)31-26-11-5-4-9-21(26)28-20(10-6-12-27(28)31)18-13-14-24-22(15-18)23-16-29-17-25(23)30-24;1-18-16(14-10-6-3-7-11-14)12-15(17)13-8-4-2-5-9-13;;/h1-17,30H;2-12H,1H3;;/q-1;-2;;/b;16-12-;;. The van der Waals surface area contributed by atoms with Crippen molar-refractivity contribution in [1.82, 2.24) is 14.5 Å². The third-order valence-corrected chi connectivity index (χ3v) is 8.95. The summed E-state index contributed by atoms with van der Waals surface area (Å²) in [4.78, 5) is 7.77. The van der Waals surface area contributed by atoms with Crippen molar-refractivity contribution in [2.24, 2.45) is 0 Å². The Labute approximate surface area is 336 Å². The quantitative estimate of drug-likeness (QED) is 0.166. The van der Waals surface area contributed by atoms with Gasteiger partial charge in [-0.25, -0.2) is 0 Å². The third kappa shape index (κ3) is 7.07. The number of fused-ring (bicyclic) bond motifs is 6. The van der Waals surface area contributed by atoms with Crippen molar-refractivity contribution in [2.75, 3.05) is 7.05 Å². The number of rotatable bonds is 6. The predicted molar refractivity (Wildman–Crippen MR) is 207 cm³/mol. The summed E-state index contributed by atoms with van der Waals surface area (Å²) in [5, 5.41) is 19.2. The molecule has 0 spiro atoms. The summed E-state index contributed by atoms with van der Waals surface area (Å²) in [7, 11) is 1.72. The molecule has 5 nitrogen and oxygen atoms in total. The number of allylic oxidation sites excluding steroid dienone is 1. The molecule has 0 saturated carbocycles. The molecule has 0 atom stereocenters. The minimum atomic E-state index is 0. The second kappa shape index (κ2) is 16.0. The summed E-state index contributed by atoms with van der Waals surface area (Å²) in [6, 6.07) is 51.8. The van der Waals surface area contributed by atoms with Crippen LogP contribution in [-0.2, 0) is 53.8 Å². The van der Waals surface area contributed by atoms with Crippen LogP contribution in [0.3, 0.4) is 0 Å². The molecule has 7 heteroatoms. The number of nitrogens with one attached hydrogen (secondary N) is 1. The SMILES string of the molecule is C[N-]/C(=C\C(=[N-])c1ccccc1)c1ccccc1.[W].[Y].c1ccc(-n2c3ccccc3c3c(-c4ccc5[nH]c6c[n-]cc6c5c4)cccc32)cc1. The van der Waals surface area contributed by atoms with Gasteiger partial charge in [0.15, 0.2) is 0 Å². The molecule has 1 N–H and O–H groups in total. The van der Waals surface area contributed by atoms with Crippen LogP contribution in [0.4, 0.5) is 0 Å². The van der Waals surface area contributed by atoms with Gasteiger partial charge < -0.3 is 25.3 Å². The van der Waals surface area contributed by atoms with Crippen LogP contribution in [0.25, 0.3) is 76.8 Å². The van der Waals surface area contributed by atoms with E-state index in [4.69, 9.17) is 0 Å². The smallest absolute Gasteiger partial charge is 0.0547 e. The number of aromatic amines is 1. The van der Waals surface area contributed by atoms with Gasteiger partial charge in [-0.2, -0.15) is 18.1 Å². The summed E-state index contributed by atoms with van der Waals surface area (Å²) < 4.78 is 2.36. The Kier molecular flexibility index (Phi) is 11.3. The Morgan fingerprint density at radius 1 is 0.647 bits per heavy atom. The molecule has 0 amide bonds. The monoisotopic (exact) mass is 903 g/mol. The minimum Gasteiger partial charge on any atom is -0.803 e. The fraction of sp³-hybridized carbons (Fsp3) is 0.0227. The summed E-state index contributed by atoms with van der Waals surface area (Å²) in [5.41, 5.74) is 11.1. The van der Waals surface area contributed by atoms with Gasteiger partial charge in [-0.05, 0) is 64.0 Å². The molecular weight excluding hydrogens is 871 g/mol. The maximum absolute atomic E-state index is 10.1.